The summed E-state index contributed by atoms with van der Waals surface area (Å²) in [6.45, 7) is 3.30. The van der Waals surface area contributed by atoms with Gasteiger partial charge in [0.15, 0.2) is 5.96 Å². The van der Waals surface area contributed by atoms with Crippen molar-refractivity contribution in [1.29, 1.82) is 0 Å². The highest BCUT2D eigenvalue weighted by molar-refractivity contribution is 14.0. The van der Waals surface area contributed by atoms with E-state index in [-0.39, 0.29) is 24.0 Å². The van der Waals surface area contributed by atoms with Crippen molar-refractivity contribution in [3.63, 3.8) is 0 Å². The smallest absolute Gasteiger partial charge is 0.193 e. The molecule has 0 spiro atoms. The van der Waals surface area contributed by atoms with Crippen molar-refractivity contribution in [1.82, 2.24) is 15.2 Å². The molecule has 0 bridgehead atoms. The van der Waals surface area contributed by atoms with Gasteiger partial charge in [-0.05, 0) is 36.8 Å². The molecule has 1 aromatic rings. The number of hydrogen-bond donors (Lipinski definition) is 1. The number of nitrogens with one attached hydrogen (secondary N) is 1. The fraction of sp³-hybridized carbons (Fsp3) is 0.625. The Labute approximate surface area is 160 Å². The average Bonchev–Trinajstić information content (AvgIpc) is 3.34. The minimum absolute atomic E-state index is 0. The minimum atomic E-state index is 0. The van der Waals surface area contributed by atoms with E-state index in [1.807, 2.05) is 25.4 Å². The van der Waals surface area contributed by atoms with Crippen molar-refractivity contribution < 1.29 is 4.74 Å². The fourth-order valence-electron chi connectivity index (χ4n) is 2.10. The van der Waals surface area contributed by atoms with Crippen LogP contribution in [-0.4, -0.2) is 56.2 Å². The standard InChI is InChI=1S/C16H25ClN4O.HI/c1-18-16(21(2)9-10-22-12-14-3-4-14)19-8-7-13-5-6-15(17)20-11-13;/h5-6,11,14H,3-4,7-10,12H2,1-2H3,(H,18,19);1H. The Balaban J connectivity index is 0.00000264. The lowest BCUT2D eigenvalue weighted by Gasteiger charge is -2.22. The SMILES string of the molecule is CN=C(NCCc1ccc(Cl)nc1)N(C)CCOCC1CC1.I. The van der Waals surface area contributed by atoms with Crippen molar-refractivity contribution in [2.24, 2.45) is 10.9 Å². The fourth-order valence-corrected chi connectivity index (χ4v) is 2.21. The number of likely N-dealkylation sites (N-methyl/N-ethyl adjacent to an activating group) is 1. The van der Waals surface area contributed by atoms with Crippen molar-refractivity contribution in [3.05, 3.63) is 29.0 Å². The van der Waals surface area contributed by atoms with Crippen molar-refractivity contribution in [2.45, 2.75) is 19.3 Å². The Morgan fingerprint density at radius 3 is 2.87 bits per heavy atom. The average molecular weight is 453 g/mol. The number of aromatic nitrogens is 1. The van der Waals surface area contributed by atoms with Gasteiger partial charge in [0, 0.05) is 40.0 Å². The first-order valence-corrected chi connectivity index (χ1v) is 8.17. The first kappa shape index (κ1) is 20.4. The van der Waals surface area contributed by atoms with E-state index in [1.165, 1.54) is 12.8 Å². The quantitative estimate of drug-likeness (QED) is 0.217. The molecule has 130 valence electrons. The van der Waals surface area contributed by atoms with Gasteiger partial charge >= 0.3 is 0 Å². The summed E-state index contributed by atoms with van der Waals surface area (Å²) in [6.07, 6.45) is 5.36. The summed E-state index contributed by atoms with van der Waals surface area (Å²) >= 11 is 5.78. The van der Waals surface area contributed by atoms with Gasteiger partial charge in [0.05, 0.1) is 6.61 Å². The lowest BCUT2D eigenvalue weighted by molar-refractivity contribution is 0.115. The van der Waals surface area contributed by atoms with Gasteiger partial charge < -0.3 is 15.0 Å². The van der Waals surface area contributed by atoms with Gasteiger partial charge in [-0.2, -0.15) is 0 Å². The third-order valence-corrected chi connectivity index (χ3v) is 3.90. The third kappa shape index (κ3) is 8.17. The maximum absolute atomic E-state index is 5.78. The molecule has 1 aliphatic rings. The van der Waals surface area contributed by atoms with Gasteiger partial charge in [-0.3, -0.25) is 4.99 Å². The number of nitrogens with zero attached hydrogens (tertiary/aromatic N) is 3. The van der Waals surface area contributed by atoms with Gasteiger partial charge in [-0.1, -0.05) is 17.7 Å². The van der Waals surface area contributed by atoms with Crippen LogP contribution in [0.3, 0.4) is 0 Å². The zero-order valence-electron chi connectivity index (χ0n) is 13.8. The second-order valence-corrected chi connectivity index (χ2v) is 6.04. The van der Waals surface area contributed by atoms with Gasteiger partial charge in [-0.15, -0.1) is 24.0 Å². The molecule has 1 aromatic heterocycles. The van der Waals surface area contributed by atoms with Crippen molar-refractivity contribution in [2.75, 3.05) is 40.4 Å². The second kappa shape index (κ2) is 11.0. The number of halogens is 2. The van der Waals surface area contributed by atoms with Crippen LogP contribution in [0.4, 0.5) is 0 Å². The second-order valence-electron chi connectivity index (χ2n) is 5.65. The van der Waals surface area contributed by atoms with Gasteiger partial charge in [0.2, 0.25) is 0 Å². The molecule has 0 aromatic carbocycles. The minimum Gasteiger partial charge on any atom is -0.379 e. The number of ether oxygens (including phenoxy) is 1. The molecule has 0 aliphatic heterocycles. The van der Waals surface area contributed by atoms with Gasteiger partial charge in [0.1, 0.15) is 5.15 Å². The number of hydrogen-bond acceptors (Lipinski definition) is 3. The molecule has 1 fully saturated rings. The van der Waals surface area contributed by atoms with Crippen molar-refractivity contribution >= 4 is 41.5 Å². The maximum atomic E-state index is 5.78. The molecule has 1 heterocycles. The molecule has 23 heavy (non-hydrogen) atoms. The van der Waals surface area contributed by atoms with E-state index >= 15 is 0 Å². The summed E-state index contributed by atoms with van der Waals surface area (Å²) < 4.78 is 5.66. The largest absolute Gasteiger partial charge is 0.379 e. The molecule has 0 atom stereocenters. The topological polar surface area (TPSA) is 49.8 Å². The van der Waals surface area contributed by atoms with Crippen LogP contribution in [0.5, 0.6) is 0 Å². The number of guanidine groups is 1. The molecule has 0 radical (unpaired) electrons. The van der Waals surface area contributed by atoms with E-state index < -0.39 is 0 Å². The summed E-state index contributed by atoms with van der Waals surface area (Å²) in [7, 11) is 3.83. The predicted molar refractivity (Wildman–Crippen MR) is 106 cm³/mol. The van der Waals surface area contributed by atoms with Crippen LogP contribution in [0.15, 0.2) is 23.3 Å². The van der Waals surface area contributed by atoms with Crippen molar-refractivity contribution in [3.8, 4) is 0 Å². The highest BCUT2D eigenvalue weighted by Gasteiger charge is 2.21. The summed E-state index contributed by atoms with van der Waals surface area (Å²) in [6, 6.07) is 3.81. The zero-order chi connectivity index (χ0) is 15.8. The highest BCUT2D eigenvalue weighted by atomic mass is 127. The Morgan fingerprint density at radius 1 is 1.48 bits per heavy atom. The van der Waals surface area contributed by atoms with Crippen LogP contribution in [0.25, 0.3) is 0 Å². The molecule has 5 nitrogen and oxygen atoms in total. The molecule has 1 aliphatic carbocycles. The van der Waals surface area contributed by atoms with Crippen LogP contribution >= 0.6 is 35.6 Å². The van der Waals surface area contributed by atoms with Crippen LogP contribution in [0.2, 0.25) is 5.15 Å². The van der Waals surface area contributed by atoms with Crippen LogP contribution in [-0.2, 0) is 11.2 Å². The normalized spacial score (nSPS) is 14.3. The van der Waals surface area contributed by atoms with E-state index in [2.05, 4.69) is 20.2 Å². The van der Waals surface area contributed by atoms with Crippen LogP contribution in [0.1, 0.15) is 18.4 Å². The summed E-state index contributed by atoms with van der Waals surface area (Å²) in [5, 5.41) is 3.88. The van der Waals surface area contributed by atoms with Gasteiger partial charge in [-0.25, -0.2) is 4.98 Å². The number of aliphatic imine (C=N–C) groups is 1. The lowest BCUT2D eigenvalue weighted by atomic mass is 10.2. The predicted octanol–water partition coefficient (Wildman–Crippen LogP) is 2.83. The van der Waals surface area contributed by atoms with E-state index in [9.17, 15) is 0 Å². The first-order chi connectivity index (χ1) is 10.7. The highest BCUT2D eigenvalue weighted by Crippen LogP contribution is 2.28. The Hall–Kier alpha value is -0.600. The van der Waals surface area contributed by atoms with Crippen LogP contribution in [0, 0.1) is 5.92 Å². The Kier molecular flexibility index (Phi) is 9.81. The monoisotopic (exact) mass is 452 g/mol. The zero-order valence-corrected chi connectivity index (χ0v) is 16.9. The Bertz CT molecular complexity index is 479. The molecule has 0 amide bonds. The maximum Gasteiger partial charge on any atom is 0.193 e. The first-order valence-electron chi connectivity index (χ1n) is 7.79. The summed E-state index contributed by atoms with van der Waals surface area (Å²) in [5.74, 6) is 1.70. The Morgan fingerprint density at radius 2 is 2.26 bits per heavy atom. The summed E-state index contributed by atoms with van der Waals surface area (Å²) in [4.78, 5) is 10.5. The number of pyridine rings is 1. The van der Waals surface area contributed by atoms with Crippen LogP contribution < -0.4 is 5.32 Å². The van der Waals surface area contributed by atoms with E-state index in [1.54, 1.807) is 7.05 Å². The number of rotatable bonds is 8. The van der Waals surface area contributed by atoms with E-state index in [4.69, 9.17) is 16.3 Å². The molecule has 7 heteroatoms. The van der Waals surface area contributed by atoms with E-state index in [0.717, 1.165) is 50.2 Å². The van der Waals surface area contributed by atoms with Gasteiger partial charge in [0.25, 0.3) is 0 Å². The molecule has 0 unspecified atom stereocenters. The molecule has 1 N–H and O–H groups in total. The lowest BCUT2D eigenvalue weighted by Crippen LogP contribution is -2.41. The third-order valence-electron chi connectivity index (χ3n) is 3.68. The molecule has 0 saturated heterocycles. The molecule has 2 rings (SSSR count). The molecular weight excluding hydrogens is 427 g/mol. The molecule has 1 saturated carbocycles. The molecular formula is C16H26ClIN4O. The van der Waals surface area contributed by atoms with E-state index in [0.29, 0.717) is 5.15 Å². The summed E-state index contributed by atoms with van der Waals surface area (Å²) in [5.41, 5.74) is 1.16.